The fourth-order valence-corrected chi connectivity index (χ4v) is 4.16. The number of aromatic nitrogens is 3. The van der Waals surface area contributed by atoms with Gasteiger partial charge in [-0.15, -0.1) is 5.10 Å². The summed E-state index contributed by atoms with van der Waals surface area (Å²) in [6.45, 7) is 7.80. The first kappa shape index (κ1) is 25.1. The molecule has 2 heterocycles. The summed E-state index contributed by atoms with van der Waals surface area (Å²) >= 11 is 5.97. The highest BCUT2D eigenvalue weighted by molar-refractivity contribution is 6.31. The first-order chi connectivity index (χ1) is 16.8. The van der Waals surface area contributed by atoms with Crippen LogP contribution in [0, 0.1) is 5.82 Å². The van der Waals surface area contributed by atoms with Crippen molar-refractivity contribution in [1.29, 1.82) is 0 Å². The summed E-state index contributed by atoms with van der Waals surface area (Å²) in [7, 11) is 0. The molecule has 0 radical (unpaired) electrons. The van der Waals surface area contributed by atoms with Gasteiger partial charge in [-0.1, -0.05) is 23.7 Å². The average molecular weight is 502 g/mol. The van der Waals surface area contributed by atoms with E-state index in [4.69, 9.17) is 16.3 Å². The van der Waals surface area contributed by atoms with Crippen LogP contribution in [-0.4, -0.2) is 64.0 Å². The number of nitrogens with one attached hydrogen (secondary N) is 1. The number of amides is 1. The van der Waals surface area contributed by atoms with E-state index in [-0.39, 0.29) is 29.3 Å². The molecule has 0 unspecified atom stereocenters. The van der Waals surface area contributed by atoms with Crippen molar-refractivity contribution >= 4 is 17.5 Å². The minimum Gasteiger partial charge on any atom is -0.379 e. The quantitative estimate of drug-likeness (QED) is 0.513. The smallest absolute Gasteiger partial charge is 0.351 e. The summed E-state index contributed by atoms with van der Waals surface area (Å²) in [5, 5.41) is 7.18. The summed E-state index contributed by atoms with van der Waals surface area (Å²) in [6, 6.07) is 11.6. The van der Waals surface area contributed by atoms with Gasteiger partial charge in [-0.05, 0) is 56.2 Å². The highest BCUT2D eigenvalue weighted by Gasteiger charge is 2.20. The number of nitrogens with zero attached hydrogens (tertiary/aromatic N) is 4. The van der Waals surface area contributed by atoms with E-state index in [1.165, 1.54) is 27.4 Å². The van der Waals surface area contributed by atoms with Gasteiger partial charge >= 0.3 is 5.69 Å². The predicted molar refractivity (Wildman–Crippen MR) is 132 cm³/mol. The van der Waals surface area contributed by atoms with Crippen molar-refractivity contribution in [2.45, 2.75) is 32.9 Å². The van der Waals surface area contributed by atoms with Crippen LogP contribution < -0.4 is 11.0 Å². The molecule has 1 aliphatic rings. The summed E-state index contributed by atoms with van der Waals surface area (Å²) in [5.41, 5.74) is 1.68. The fourth-order valence-electron chi connectivity index (χ4n) is 3.98. The van der Waals surface area contributed by atoms with E-state index in [0.717, 1.165) is 44.8 Å². The Kier molecular flexibility index (Phi) is 8.00. The van der Waals surface area contributed by atoms with Gasteiger partial charge in [0.25, 0.3) is 0 Å². The molecule has 1 saturated heterocycles. The second kappa shape index (κ2) is 11.2. The normalized spacial score (nSPS) is 14.4. The standard InChI is InChI=1S/C25H29ClFN5O3/c1-17(2)28-23(33)16-31-24(19-5-8-22(27)21(26)15-19)29-32(25(31)34)20-6-3-18(4-7-20)9-10-30-11-13-35-14-12-30/h3-8,15,17H,9-14,16H2,1-2H3,(H,28,33). The number of ether oxygens (including phenoxy) is 1. The van der Waals surface area contributed by atoms with Gasteiger partial charge in [0, 0.05) is 31.2 Å². The lowest BCUT2D eigenvalue weighted by Crippen LogP contribution is -2.37. The van der Waals surface area contributed by atoms with E-state index in [9.17, 15) is 14.0 Å². The van der Waals surface area contributed by atoms with Gasteiger partial charge in [0.15, 0.2) is 5.82 Å². The highest BCUT2D eigenvalue weighted by atomic mass is 35.5. The van der Waals surface area contributed by atoms with E-state index < -0.39 is 11.5 Å². The van der Waals surface area contributed by atoms with E-state index in [0.29, 0.717) is 11.3 Å². The third-order valence-electron chi connectivity index (χ3n) is 5.79. The van der Waals surface area contributed by atoms with E-state index in [2.05, 4.69) is 15.3 Å². The number of hydrogen-bond acceptors (Lipinski definition) is 5. The monoisotopic (exact) mass is 501 g/mol. The zero-order valence-electron chi connectivity index (χ0n) is 19.8. The molecule has 1 aromatic heterocycles. The Labute approximate surface area is 208 Å². The number of rotatable bonds is 8. The molecule has 0 atom stereocenters. The molecule has 35 heavy (non-hydrogen) atoms. The molecule has 4 rings (SSSR count). The summed E-state index contributed by atoms with van der Waals surface area (Å²) in [6.07, 6.45) is 0.887. The average Bonchev–Trinajstić information content (AvgIpc) is 3.16. The van der Waals surface area contributed by atoms with E-state index in [1.807, 2.05) is 38.1 Å². The lowest BCUT2D eigenvalue weighted by Gasteiger charge is -2.26. The summed E-state index contributed by atoms with van der Waals surface area (Å²) in [4.78, 5) is 28.1. The maximum Gasteiger partial charge on any atom is 0.351 e. The Hall–Kier alpha value is -3.01. The first-order valence-electron chi connectivity index (χ1n) is 11.7. The Bertz CT molecular complexity index is 1230. The van der Waals surface area contributed by atoms with Crippen molar-refractivity contribution in [2.24, 2.45) is 0 Å². The zero-order chi connectivity index (χ0) is 24.9. The molecule has 1 N–H and O–H groups in total. The SMILES string of the molecule is CC(C)NC(=O)Cn1c(-c2ccc(F)c(Cl)c2)nn(-c2ccc(CCN3CCOCC3)cc2)c1=O. The number of hydrogen-bond donors (Lipinski definition) is 1. The molecule has 8 nitrogen and oxygen atoms in total. The second-order valence-electron chi connectivity index (χ2n) is 8.83. The molecular weight excluding hydrogens is 473 g/mol. The van der Waals surface area contributed by atoms with Crippen molar-refractivity contribution in [3.63, 3.8) is 0 Å². The molecule has 2 aromatic carbocycles. The van der Waals surface area contributed by atoms with Crippen molar-refractivity contribution in [3.8, 4) is 17.1 Å². The van der Waals surface area contributed by atoms with Gasteiger partial charge < -0.3 is 10.1 Å². The van der Waals surface area contributed by atoms with Crippen LogP contribution in [0.25, 0.3) is 17.1 Å². The Morgan fingerprint density at radius 1 is 1.17 bits per heavy atom. The van der Waals surface area contributed by atoms with Crippen molar-refractivity contribution in [2.75, 3.05) is 32.8 Å². The number of carbonyl (C=O) groups excluding carboxylic acids is 1. The molecule has 0 bridgehead atoms. The van der Waals surface area contributed by atoms with Gasteiger partial charge in [-0.3, -0.25) is 14.3 Å². The third kappa shape index (κ3) is 6.17. The van der Waals surface area contributed by atoms with E-state index in [1.54, 1.807) is 0 Å². The van der Waals surface area contributed by atoms with Crippen LogP contribution in [0.2, 0.25) is 5.02 Å². The van der Waals surface area contributed by atoms with Crippen LogP contribution in [0.1, 0.15) is 19.4 Å². The van der Waals surface area contributed by atoms with Crippen LogP contribution >= 0.6 is 11.6 Å². The highest BCUT2D eigenvalue weighted by Crippen LogP contribution is 2.23. The maximum absolute atomic E-state index is 13.7. The molecule has 1 aliphatic heterocycles. The van der Waals surface area contributed by atoms with Crippen LogP contribution in [-0.2, 0) is 22.5 Å². The van der Waals surface area contributed by atoms with Gasteiger partial charge in [0.1, 0.15) is 12.4 Å². The maximum atomic E-state index is 13.7. The minimum absolute atomic E-state index is 0.0815. The van der Waals surface area contributed by atoms with Gasteiger partial charge in [0.2, 0.25) is 5.91 Å². The minimum atomic E-state index is -0.575. The van der Waals surface area contributed by atoms with Crippen LogP contribution in [0.5, 0.6) is 0 Å². The zero-order valence-corrected chi connectivity index (χ0v) is 20.6. The predicted octanol–water partition coefficient (Wildman–Crippen LogP) is 2.89. The Balaban J connectivity index is 1.62. The van der Waals surface area contributed by atoms with Gasteiger partial charge in [-0.25, -0.2) is 9.18 Å². The molecule has 0 spiro atoms. The Morgan fingerprint density at radius 2 is 1.89 bits per heavy atom. The number of benzene rings is 2. The molecule has 0 saturated carbocycles. The number of morpholine rings is 1. The topological polar surface area (TPSA) is 81.4 Å². The number of carbonyl (C=O) groups is 1. The lowest BCUT2D eigenvalue weighted by atomic mass is 10.1. The molecule has 0 aliphatic carbocycles. The summed E-state index contributed by atoms with van der Waals surface area (Å²) < 4.78 is 21.7. The largest absolute Gasteiger partial charge is 0.379 e. The van der Waals surface area contributed by atoms with Crippen LogP contribution in [0.15, 0.2) is 47.3 Å². The molecule has 1 fully saturated rings. The molecule has 10 heteroatoms. The second-order valence-corrected chi connectivity index (χ2v) is 9.23. The third-order valence-corrected chi connectivity index (χ3v) is 6.08. The van der Waals surface area contributed by atoms with Crippen molar-refractivity contribution < 1.29 is 13.9 Å². The van der Waals surface area contributed by atoms with Gasteiger partial charge in [-0.2, -0.15) is 4.68 Å². The van der Waals surface area contributed by atoms with Crippen LogP contribution in [0.3, 0.4) is 0 Å². The molecule has 1 amide bonds. The molecular formula is C25H29ClFN5O3. The van der Waals surface area contributed by atoms with Crippen molar-refractivity contribution in [3.05, 3.63) is 69.4 Å². The molecule has 186 valence electrons. The number of halogens is 2. The fraction of sp³-hybridized carbons (Fsp3) is 0.400. The summed E-state index contributed by atoms with van der Waals surface area (Å²) in [5.74, 6) is -0.671. The Morgan fingerprint density at radius 3 is 2.54 bits per heavy atom. The molecule has 3 aromatic rings. The first-order valence-corrected chi connectivity index (χ1v) is 12.0. The van der Waals surface area contributed by atoms with Crippen LogP contribution in [0.4, 0.5) is 4.39 Å². The lowest BCUT2D eigenvalue weighted by molar-refractivity contribution is -0.122. The van der Waals surface area contributed by atoms with Crippen molar-refractivity contribution in [1.82, 2.24) is 24.6 Å². The van der Waals surface area contributed by atoms with Gasteiger partial charge in [0.05, 0.1) is 23.9 Å². The van der Waals surface area contributed by atoms with E-state index >= 15 is 0 Å².